The van der Waals surface area contributed by atoms with Gasteiger partial charge in [0.2, 0.25) is 0 Å². The highest BCUT2D eigenvalue weighted by atomic mass is 16.4. The van der Waals surface area contributed by atoms with Crippen molar-refractivity contribution in [1.29, 1.82) is 0 Å². The van der Waals surface area contributed by atoms with Crippen LogP contribution in [0.5, 0.6) is 0 Å². The molecule has 3 heteroatoms. The molecule has 1 heterocycles. The fourth-order valence-electron chi connectivity index (χ4n) is 3.71. The summed E-state index contributed by atoms with van der Waals surface area (Å²) in [4.78, 5) is 11.1. The van der Waals surface area contributed by atoms with Gasteiger partial charge in [-0.05, 0) is 61.6 Å². The molecule has 3 aromatic rings. The van der Waals surface area contributed by atoms with Crippen molar-refractivity contribution in [2.45, 2.75) is 33.2 Å². The van der Waals surface area contributed by atoms with Gasteiger partial charge in [-0.1, -0.05) is 54.6 Å². The third-order valence-electron chi connectivity index (χ3n) is 5.22. The summed E-state index contributed by atoms with van der Waals surface area (Å²) in [6.07, 6.45) is 7.96. The maximum Gasteiger partial charge on any atom is 0.335 e. The molecule has 0 unspecified atom stereocenters. The van der Waals surface area contributed by atoms with E-state index in [2.05, 4.69) is 41.5 Å². The number of aryl methyl sites for hydroxylation is 1. The Morgan fingerprint density at radius 1 is 1.03 bits per heavy atom. The fraction of sp³-hybridized carbons (Fsp3) is 0.192. The summed E-state index contributed by atoms with van der Waals surface area (Å²) in [6.45, 7) is 8.65. The van der Waals surface area contributed by atoms with E-state index >= 15 is 0 Å². The van der Waals surface area contributed by atoms with Gasteiger partial charge in [0.05, 0.1) is 5.56 Å². The van der Waals surface area contributed by atoms with Crippen LogP contribution in [0.1, 0.15) is 35.5 Å². The van der Waals surface area contributed by atoms with Crippen LogP contribution >= 0.6 is 0 Å². The van der Waals surface area contributed by atoms with E-state index in [0.717, 1.165) is 30.6 Å². The first-order valence-electron chi connectivity index (χ1n) is 9.93. The highest BCUT2D eigenvalue weighted by Gasteiger charge is 2.22. The molecule has 0 saturated heterocycles. The zero-order valence-corrected chi connectivity index (χ0v) is 17.1. The first kappa shape index (κ1) is 20.4. The Kier molecular flexibility index (Phi) is 6.50. The highest BCUT2D eigenvalue weighted by Crippen LogP contribution is 2.38. The standard InChI is InChI=1S/C22H19NO2.C4H8/c1-2-13-23-20-12-11-15-5-3-4-6-18(15)19(20)14-21(23)16-7-9-17(10-8-16)22(24)25;1-3-4-2/h2-10,14H,1,11-13H2,(H,24,25);3-4H,1-2H3/b;4-3-. The van der Waals surface area contributed by atoms with E-state index < -0.39 is 5.97 Å². The van der Waals surface area contributed by atoms with E-state index in [4.69, 9.17) is 5.11 Å². The zero-order chi connectivity index (χ0) is 20.8. The number of benzene rings is 2. The van der Waals surface area contributed by atoms with E-state index in [-0.39, 0.29) is 0 Å². The molecule has 0 spiro atoms. The third-order valence-corrected chi connectivity index (χ3v) is 5.22. The van der Waals surface area contributed by atoms with Crippen molar-refractivity contribution >= 4 is 5.97 Å². The average Bonchev–Trinajstić information content (AvgIpc) is 3.13. The molecule has 3 nitrogen and oxygen atoms in total. The Bertz CT molecular complexity index is 1040. The zero-order valence-electron chi connectivity index (χ0n) is 17.1. The molecule has 1 aliphatic rings. The number of rotatable bonds is 4. The Morgan fingerprint density at radius 3 is 2.34 bits per heavy atom. The summed E-state index contributed by atoms with van der Waals surface area (Å²) in [7, 11) is 0. The monoisotopic (exact) mass is 385 g/mol. The summed E-state index contributed by atoms with van der Waals surface area (Å²) >= 11 is 0. The SMILES string of the molecule is C/C=C\C.C=CCn1c(-c2ccc(C(=O)O)cc2)cc2c1CCc1ccccc1-2. The molecule has 0 saturated carbocycles. The van der Waals surface area contributed by atoms with Crippen LogP contribution in [0.15, 0.2) is 79.4 Å². The van der Waals surface area contributed by atoms with Crippen molar-refractivity contribution in [3.8, 4) is 22.4 Å². The Labute approximate surface area is 172 Å². The van der Waals surface area contributed by atoms with Gasteiger partial charge in [0.15, 0.2) is 0 Å². The van der Waals surface area contributed by atoms with Gasteiger partial charge in [0.1, 0.15) is 0 Å². The maximum absolute atomic E-state index is 11.1. The van der Waals surface area contributed by atoms with Gasteiger partial charge in [0.25, 0.3) is 0 Å². The van der Waals surface area contributed by atoms with Gasteiger partial charge in [-0.3, -0.25) is 0 Å². The van der Waals surface area contributed by atoms with Gasteiger partial charge in [-0.2, -0.15) is 0 Å². The molecule has 0 radical (unpaired) electrons. The number of aromatic nitrogens is 1. The molecule has 4 rings (SSSR count). The van der Waals surface area contributed by atoms with Gasteiger partial charge < -0.3 is 9.67 Å². The molecule has 29 heavy (non-hydrogen) atoms. The molecule has 1 aliphatic carbocycles. The number of nitrogens with zero attached hydrogens (tertiary/aromatic N) is 1. The number of hydrogen-bond acceptors (Lipinski definition) is 1. The molecular weight excluding hydrogens is 358 g/mol. The molecule has 1 N–H and O–H groups in total. The number of fused-ring (bicyclic) bond motifs is 3. The summed E-state index contributed by atoms with van der Waals surface area (Å²) in [5, 5.41) is 9.11. The van der Waals surface area contributed by atoms with Crippen LogP contribution < -0.4 is 0 Å². The molecule has 1 aromatic heterocycles. The minimum Gasteiger partial charge on any atom is -0.478 e. The van der Waals surface area contributed by atoms with Crippen molar-refractivity contribution < 1.29 is 9.90 Å². The quantitative estimate of drug-likeness (QED) is 0.529. The summed E-state index contributed by atoms with van der Waals surface area (Å²) in [6, 6.07) is 17.9. The van der Waals surface area contributed by atoms with E-state index in [1.165, 1.54) is 22.4 Å². The summed E-state index contributed by atoms with van der Waals surface area (Å²) in [5.74, 6) is -0.902. The topological polar surface area (TPSA) is 42.2 Å². The van der Waals surface area contributed by atoms with Gasteiger partial charge in [-0.25, -0.2) is 4.79 Å². The fourth-order valence-corrected chi connectivity index (χ4v) is 3.71. The van der Waals surface area contributed by atoms with Crippen LogP contribution in [-0.4, -0.2) is 15.6 Å². The maximum atomic E-state index is 11.1. The van der Waals surface area contributed by atoms with Gasteiger partial charge in [0, 0.05) is 23.5 Å². The molecule has 2 aromatic carbocycles. The van der Waals surface area contributed by atoms with Gasteiger partial charge in [-0.15, -0.1) is 6.58 Å². The van der Waals surface area contributed by atoms with Crippen LogP contribution in [0.4, 0.5) is 0 Å². The summed E-state index contributed by atoms with van der Waals surface area (Å²) in [5.41, 5.74) is 7.74. The summed E-state index contributed by atoms with van der Waals surface area (Å²) < 4.78 is 2.30. The second-order valence-corrected chi connectivity index (χ2v) is 7.00. The van der Waals surface area contributed by atoms with Crippen molar-refractivity contribution in [2.75, 3.05) is 0 Å². The second-order valence-electron chi connectivity index (χ2n) is 7.00. The second kappa shape index (κ2) is 9.24. The lowest BCUT2D eigenvalue weighted by Crippen LogP contribution is -2.09. The molecule has 0 atom stereocenters. The van der Waals surface area contributed by atoms with E-state index in [1.807, 2.05) is 44.2 Å². The lowest BCUT2D eigenvalue weighted by atomic mass is 9.90. The van der Waals surface area contributed by atoms with E-state index in [9.17, 15) is 4.79 Å². The Hall–Kier alpha value is -3.33. The first-order valence-corrected chi connectivity index (χ1v) is 9.93. The molecule has 0 fully saturated rings. The number of carboxylic acids is 1. The van der Waals surface area contributed by atoms with Crippen LogP contribution in [-0.2, 0) is 19.4 Å². The van der Waals surface area contributed by atoms with Crippen molar-refractivity contribution in [2.24, 2.45) is 0 Å². The number of hydrogen-bond donors (Lipinski definition) is 1. The smallest absolute Gasteiger partial charge is 0.335 e. The molecule has 0 amide bonds. The molecule has 0 aliphatic heterocycles. The number of allylic oxidation sites excluding steroid dienone is 3. The van der Waals surface area contributed by atoms with Crippen LogP contribution in [0.25, 0.3) is 22.4 Å². The number of aromatic carboxylic acids is 1. The van der Waals surface area contributed by atoms with Crippen molar-refractivity contribution in [3.63, 3.8) is 0 Å². The molecule has 148 valence electrons. The molecule has 0 bridgehead atoms. The predicted octanol–water partition coefficient (Wildman–Crippen LogP) is 6.39. The lowest BCUT2D eigenvalue weighted by molar-refractivity contribution is 0.0697. The number of carboxylic acid groups (broad SMARTS) is 1. The van der Waals surface area contributed by atoms with Crippen molar-refractivity contribution in [1.82, 2.24) is 4.57 Å². The van der Waals surface area contributed by atoms with E-state index in [1.54, 1.807) is 12.1 Å². The minimum absolute atomic E-state index is 0.306. The van der Waals surface area contributed by atoms with Crippen molar-refractivity contribution in [3.05, 3.63) is 96.2 Å². The molecular formula is C26H27NO2. The van der Waals surface area contributed by atoms with Crippen LogP contribution in [0, 0.1) is 0 Å². The predicted molar refractivity (Wildman–Crippen MR) is 120 cm³/mol. The van der Waals surface area contributed by atoms with E-state index in [0.29, 0.717) is 5.56 Å². The Balaban J connectivity index is 0.000000552. The van der Waals surface area contributed by atoms with Crippen LogP contribution in [0.2, 0.25) is 0 Å². The van der Waals surface area contributed by atoms with Crippen LogP contribution in [0.3, 0.4) is 0 Å². The van der Waals surface area contributed by atoms with Gasteiger partial charge >= 0.3 is 5.97 Å². The average molecular weight is 386 g/mol. The Morgan fingerprint density at radius 2 is 1.72 bits per heavy atom. The minimum atomic E-state index is -0.902. The first-order chi connectivity index (χ1) is 14.1. The number of carbonyl (C=O) groups is 1. The highest BCUT2D eigenvalue weighted by molar-refractivity contribution is 5.88. The third kappa shape index (κ3) is 4.24. The normalized spacial score (nSPS) is 11.9. The lowest BCUT2D eigenvalue weighted by Gasteiger charge is -2.19. The largest absolute Gasteiger partial charge is 0.478 e.